The summed E-state index contributed by atoms with van der Waals surface area (Å²) in [6, 6.07) is 9.83. The largest absolute Gasteiger partial charge is 0.497 e. The number of ether oxygens (including phenoxy) is 1. The van der Waals surface area contributed by atoms with Crippen LogP contribution in [0.15, 0.2) is 36.5 Å². The first kappa shape index (κ1) is 25.3. The third-order valence-electron chi connectivity index (χ3n) is 8.99. The third-order valence-corrected chi connectivity index (χ3v) is 8.99. The van der Waals surface area contributed by atoms with Gasteiger partial charge < -0.3 is 14.5 Å². The Morgan fingerprint density at radius 2 is 1.80 bits per heavy atom. The van der Waals surface area contributed by atoms with Gasteiger partial charge in [0.25, 0.3) is 5.91 Å². The van der Waals surface area contributed by atoms with Crippen LogP contribution in [0.4, 0.5) is 0 Å². The lowest BCUT2D eigenvalue weighted by Crippen LogP contribution is -2.49. The Hall–Kier alpha value is -2.83. The summed E-state index contributed by atoms with van der Waals surface area (Å²) in [5.41, 5.74) is 1.68. The van der Waals surface area contributed by atoms with Crippen molar-refractivity contribution < 1.29 is 14.3 Å². The third kappa shape index (κ3) is 4.69. The molecule has 2 aliphatic rings. The van der Waals surface area contributed by atoms with Crippen molar-refractivity contribution in [3.8, 4) is 5.75 Å². The molecular formula is C28H40N4O3. The number of aromatic nitrogens is 2. The Labute approximate surface area is 209 Å². The van der Waals surface area contributed by atoms with E-state index in [2.05, 4.69) is 43.8 Å². The second-order valence-corrected chi connectivity index (χ2v) is 11.5. The standard InChI is InChI=1S/C28H40N4O3/c1-27(2)24(28(27,3)4)26(34)32-15-11-20(12-16-32)23(18-19-9-8-10-21(17-19)35-7)31(6)25(33)22-13-14-30(5)29-22/h8-10,13-14,17,20,23-24H,11-12,15-16,18H2,1-7H3/t23-/m0/s1. The van der Waals surface area contributed by atoms with E-state index in [1.165, 1.54) is 0 Å². The summed E-state index contributed by atoms with van der Waals surface area (Å²) in [6.07, 6.45) is 4.29. The summed E-state index contributed by atoms with van der Waals surface area (Å²) in [6.45, 7) is 10.3. The smallest absolute Gasteiger partial charge is 0.274 e. The highest BCUT2D eigenvalue weighted by Crippen LogP contribution is 2.68. The van der Waals surface area contributed by atoms with Crippen molar-refractivity contribution in [2.24, 2.45) is 29.7 Å². The number of hydrogen-bond acceptors (Lipinski definition) is 4. The molecule has 1 aromatic carbocycles. The maximum atomic E-state index is 13.3. The number of hydrogen-bond donors (Lipinski definition) is 0. The number of methoxy groups -OCH3 is 1. The van der Waals surface area contributed by atoms with Gasteiger partial charge >= 0.3 is 0 Å². The minimum absolute atomic E-state index is 0.00247. The van der Waals surface area contributed by atoms with Gasteiger partial charge in [0.15, 0.2) is 0 Å². The van der Waals surface area contributed by atoms with Crippen molar-refractivity contribution in [1.82, 2.24) is 19.6 Å². The minimum atomic E-state index is -0.0709. The molecule has 1 aromatic heterocycles. The Balaban J connectivity index is 1.50. The molecule has 1 aliphatic heterocycles. The maximum absolute atomic E-state index is 13.3. The Kier molecular flexibility index (Phi) is 6.73. The molecular weight excluding hydrogens is 440 g/mol. The van der Waals surface area contributed by atoms with E-state index < -0.39 is 0 Å². The van der Waals surface area contributed by atoms with E-state index in [-0.39, 0.29) is 28.7 Å². The molecule has 2 aromatic rings. The SMILES string of the molecule is COc1cccc(C[C@@H](C2CCN(C(=O)C3C(C)(C)C3(C)C)CC2)N(C)C(=O)c2ccn(C)n2)c1. The zero-order valence-corrected chi connectivity index (χ0v) is 22.2. The highest BCUT2D eigenvalue weighted by molar-refractivity contribution is 5.92. The number of nitrogens with zero attached hydrogens (tertiary/aromatic N) is 4. The number of aryl methyl sites for hydroxylation is 1. The van der Waals surface area contributed by atoms with Crippen LogP contribution in [0.1, 0.15) is 56.6 Å². The van der Waals surface area contributed by atoms with E-state index in [9.17, 15) is 9.59 Å². The number of rotatable bonds is 7. The normalized spacial score (nSPS) is 20.4. The van der Waals surface area contributed by atoms with Gasteiger partial charge in [-0.05, 0) is 59.8 Å². The van der Waals surface area contributed by atoms with E-state index in [1.807, 2.05) is 37.2 Å². The second kappa shape index (κ2) is 9.32. The molecule has 2 heterocycles. The van der Waals surface area contributed by atoms with Crippen LogP contribution in [-0.4, -0.2) is 64.7 Å². The fraction of sp³-hybridized carbons (Fsp3) is 0.607. The molecule has 2 amide bonds. The van der Waals surface area contributed by atoms with Crippen LogP contribution in [0.25, 0.3) is 0 Å². The lowest BCUT2D eigenvalue weighted by molar-refractivity contribution is -0.135. The molecule has 1 aliphatic carbocycles. The number of likely N-dealkylation sites (tertiary alicyclic amines) is 1. The van der Waals surface area contributed by atoms with Crippen LogP contribution < -0.4 is 4.74 Å². The number of amides is 2. The van der Waals surface area contributed by atoms with E-state index >= 15 is 0 Å². The van der Waals surface area contributed by atoms with Crippen molar-refractivity contribution >= 4 is 11.8 Å². The molecule has 4 rings (SSSR count). The van der Waals surface area contributed by atoms with Gasteiger partial charge in [-0.3, -0.25) is 14.3 Å². The molecule has 1 saturated carbocycles. The Bertz CT molecular complexity index is 1070. The Morgan fingerprint density at radius 1 is 1.14 bits per heavy atom. The van der Waals surface area contributed by atoms with Crippen molar-refractivity contribution in [1.29, 1.82) is 0 Å². The van der Waals surface area contributed by atoms with Gasteiger partial charge in [0.1, 0.15) is 11.4 Å². The van der Waals surface area contributed by atoms with Crippen molar-refractivity contribution in [2.75, 3.05) is 27.2 Å². The molecule has 2 fully saturated rings. The highest BCUT2D eigenvalue weighted by atomic mass is 16.5. The van der Waals surface area contributed by atoms with Gasteiger partial charge in [0.05, 0.1) is 7.11 Å². The van der Waals surface area contributed by atoms with Crippen LogP contribution >= 0.6 is 0 Å². The van der Waals surface area contributed by atoms with Gasteiger partial charge in [0, 0.05) is 45.3 Å². The van der Waals surface area contributed by atoms with Gasteiger partial charge in [-0.2, -0.15) is 5.10 Å². The zero-order valence-electron chi connectivity index (χ0n) is 22.2. The number of piperidine rings is 1. The molecule has 0 N–H and O–H groups in total. The molecule has 0 bridgehead atoms. The summed E-state index contributed by atoms with van der Waals surface area (Å²) in [5, 5.41) is 4.33. The second-order valence-electron chi connectivity index (χ2n) is 11.5. The monoisotopic (exact) mass is 480 g/mol. The first-order valence-electron chi connectivity index (χ1n) is 12.7. The number of benzene rings is 1. The summed E-state index contributed by atoms with van der Waals surface area (Å²) in [5.74, 6) is 1.42. The predicted molar refractivity (Wildman–Crippen MR) is 136 cm³/mol. The topological polar surface area (TPSA) is 67.7 Å². The molecule has 35 heavy (non-hydrogen) atoms. The predicted octanol–water partition coefficient (Wildman–Crippen LogP) is 4.03. The quantitative estimate of drug-likeness (QED) is 0.600. The fourth-order valence-corrected chi connectivity index (χ4v) is 6.02. The van der Waals surface area contributed by atoms with E-state index in [0.717, 1.165) is 43.7 Å². The van der Waals surface area contributed by atoms with E-state index in [1.54, 1.807) is 24.1 Å². The van der Waals surface area contributed by atoms with Crippen LogP contribution in [0.3, 0.4) is 0 Å². The first-order valence-corrected chi connectivity index (χ1v) is 12.7. The number of likely N-dealkylation sites (N-methyl/N-ethyl adjacent to an activating group) is 1. The van der Waals surface area contributed by atoms with Crippen LogP contribution in [0.5, 0.6) is 5.75 Å². The molecule has 1 saturated heterocycles. The Morgan fingerprint density at radius 3 is 2.34 bits per heavy atom. The molecule has 0 spiro atoms. The summed E-state index contributed by atoms with van der Waals surface area (Å²) >= 11 is 0. The van der Waals surface area contributed by atoms with Crippen molar-refractivity contribution in [2.45, 2.75) is 53.0 Å². The van der Waals surface area contributed by atoms with Gasteiger partial charge in [-0.25, -0.2) is 0 Å². The van der Waals surface area contributed by atoms with Gasteiger partial charge in [-0.15, -0.1) is 0 Å². The van der Waals surface area contributed by atoms with Crippen LogP contribution in [0, 0.1) is 22.7 Å². The lowest BCUT2D eigenvalue weighted by Gasteiger charge is -2.40. The minimum Gasteiger partial charge on any atom is -0.497 e. The van der Waals surface area contributed by atoms with E-state index in [0.29, 0.717) is 17.5 Å². The van der Waals surface area contributed by atoms with Crippen molar-refractivity contribution in [3.05, 3.63) is 47.8 Å². The van der Waals surface area contributed by atoms with E-state index in [4.69, 9.17) is 4.74 Å². The zero-order chi connectivity index (χ0) is 25.5. The molecule has 0 radical (unpaired) electrons. The molecule has 1 atom stereocenters. The molecule has 7 heteroatoms. The van der Waals surface area contributed by atoms with Gasteiger partial charge in [0.2, 0.25) is 5.91 Å². The van der Waals surface area contributed by atoms with Gasteiger partial charge in [-0.1, -0.05) is 39.8 Å². The maximum Gasteiger partial charge on any atom is 0.274 e. The number of carbonyl (C=O) groups excluding carboxylic acids is 2. The van der Waals surface area contributed by atoms with Crippen LogP contribution in [-0.2, 0) is 18.3 Å². The molecule has 190 valence electrons. The average Bonchev–Trinajstić information content (AvgIpc) is 3.09. The van der Waals surface area contributed by atoms with Crippen molar-refractivity contribution in [3.63, 3.8) is 0 Å². The summed E-state index contributed by atoms with van der Waals surface area (Å²) in [4.78, 5) is 30.5. The average molecular weight is 481 g/mol. The summed E-state index contributed by atoms with van der Waals surface area (Å²) < 4.78 is 7.08. The molecule has 0 unspecified atom stereocenters. The molecule has 7 nitrogen and oxygen atoms in total. The lowest BCUT2D eigenvalue weighted by atomic mass is 9.84. The highest BCUT2D eigenvalue weighted by Gasteiger charge is 2.68. The van der Waals surface area contributed by atoms with Crippen LogP contribution in [0.2, 0.25) is 0 Å². The summed E-state index contributed by atoms with van der Waals surface area (Å²) in [7, 11) is 5.37. The fourth-order valence-electron chi connectivity index (χ4n) is 6.02. The number of carbonyl (C=O) groups is 2. The first-order chi connectivity index (χ1) is 16.5.